The molecule has 0 saturated carbocycles. The maximum absolute atomic E-state index is 13.0. The summed E-state index contributed by atoms with van der Waals surface area (Å²) < 4.78 is 18.6. The van der Waals surface area contributed by atoms with E-state index >= 15 is 0 Å². The zero-order chi connectivity index (χ0) is 14.7. The number of ether oxygens (including phenoxy) is 1. The second-order valence-corrected chi connectivity index (χ2v) is 5.33. The molecule has 0 heterocycles. The Morgan fingerprint density at radius 1 is 1.15 bits per heavy atom. The van der Waals surface area contributed by atoms with Gasteiger partial charge in [-0.2, -0.15) is 0 Å². The normalized spacial score (nSPS) is 12.2. The van der Waals surface area contributed by atoms with Gasteiger partial charge in [-0.15, -0.1) is 0 Å². The SMILES string of the molecule is C[C@@H](N)c1ccc(OCc2ccc(F)c(Cl)c2)c(Cl)c1. The van der Waals surface area contributed by atoms with Crippen molar-refractivity contribution < 1.29 is 9.13 Å². The Morgan fingerprint density at radius 2 is 1.90 bits per heavy atom. The Labute approximate surface area is 127 Å². The van der Waals surface area contributed by atoms with E-state index < -0.39 is 5.82 Å². The number of nitrogens with two attached hydrogens (primary N) is 1. The molecule has 0 fully saturated rings. The van der Waals surface area contributed by atoms with Crippen LogP contribution in [0.3, 0.4) is 0 Å². The van der Waals surface area contributed by atoms with Crippen LogP contribution in [0, 0.1) is 5.82 Å². The average molecular weight is 314 g/mol. The molecule has 5 heteroatoms. The van der Waals surface area contributed by atoms with Crippen molar-refractivity contribution in [3.63, 3.8) is 0 Å². The van der Waals surface area contributed by atoms with Gasteiger partial charge in [0, 0.05) is 6.04 Å². The van der Waals surface area contributed by atoms with E-state index in [4.69, 9.17) is 33.7 Å². The van der Waals surface area contributed by atoms with E-state index in [-0.39, 0.29) is 17.7 Å². The van der Waals surface area contributed by atoms with Crippen LogP contribution >= 0.6 is 23.2 Å². The Bertz CT molecular complexity index is 617. The van der Waals surface area contributed by atoms with E-state index in [1.54, 1.807) is 18.2 Å². The molecular formula is C15H14Cl2FNO. The van der Waals surface area contributed by atoms with Gasteiger partial charge in [0.25, 0.3) is 0 Å². The Balaban J connectivity index is 2.09. The maximum atomic E-state index is 13.0. The molecule has 2 aromatic carbocycles. The second-order valence-electron chi connectivity index (χ2n) is 4.52. The smallest absolute Gasteiger partial charge is 0.141 e. The largest absolute Gasteiger partial charge is 0.487 e. The summed E-state index contributed by atoms with van der Waals surface area (Å²) in [6, 6.07) is 9.78. The lowest BCUT2D eigenvalue weighted by molar-refractivity contribution is 0.306. The monoisotopic (exact) mass is 313 g/mol. The Kier molecular flexibility index (Phi) is 4.86. The van der Waals surface area contributed by atoms with E-state index in [1.807, 2.05) is 13.0 Å². The van der Waals surface area contributed by atoms with Gasteiger partial charge < -0.3 is 10.5 Å². The van der Waals surface area contributed by atoms with Crippen molar-refractivity contribution in [1.29, 1.82) is 0 Å². The predicted molar refractivity (Wildman–Crippen MR) is 79.8 cm³/mol. The highest BCUT2D eigenvalue weighted by molar-refractivity contribution is 6.32. The van der Waals surface area contributed by atoms with Crippen LogP contribution in [-0.4, -0.2) is 0 Å². The number of hydrogen-bond donors (Lipinski definition) is 1. The van der Waals surface area contributed by atoms with Gasteiger partial charge in [0.05, 0.1) is 10.0 Å². The maximum Gasteiger partial charge on any atom is 0.141 e. The molecule has 0 aromatic heterocycles. The van der Waals surface area contributed by atoms with Crippen molar-refractivity contribution in [2.24, 2.45) is 5.73 Å². The topological polar surface area (TPSA) is 35.2 Å². The molecule has 0 aliphatic heterocycles. The molecule has 0 amide bonds. The molecule has 0 radical (unpaired) electrons. The zero-order valence-electron chi connectivity index (χ0n) is 10.9. The molecule has 2 nitrogen and oxygen atoms in total. The fourth-order valence-electron chi connectivity index (χ4n) is 1.71. The summed E-state index contributed by atoms with van der Waals surface area (Å²) in [4.78, 5) is 0. The lowest BCUT2D eigenvalue weighted by atomic mass is 10.1. The van der Waals surface area contributed by atoms with Crippen LogP contribution in [0.1, 0.15) is 24.1 Å². The first-order valence-electron chi connectivity index (χ1n) is 6.09. The van der Waals surface area contributed by atoms with Gasteiger partial charge >= 0.3 is 0 Å². The van der Waals surface area contributed by atoms with E-state index in [2.05, 4.69) is 0 Å². The minimum atomic E-state index is -0.449. The molecule has 0 unspecified atom stereocenters. The van der Waals surface area contributed by atoms with Gasteiger partial charge in [0.15, 0.2) is 0 Å². The Hall–Kier alpha value is -1.29. The van der Waals surface area contributed by atoms with Crippen molar-refractivity contribution >= 4 is 23.2 Å². The van der Waals surface area contributed by atoms with Crippen molar-refractivity contribution in [3.05, 3.63) is 63.4 Å². The molecule has 0 spiro atoms. The summed E-state index contributed by atoms with van der Waals surface area (Å²) in [5, 5.41) is 0.567. The van der Waals surface area contributed by atoms with Crippen LogP contribution in [0.4, 0.5) is 4.39 Å². The van der Waals surface area contributed by atoms with Crippen molar-refractivity contribution in [2.75, 3.05) is 0 Å². The molecule has 0 aliphatic carbocycles. The number of benzene rings is 2. The van der Waals surface area contributed by atoms with Gasteiger partial charge in [0.1, 0.15) is 18.2 Å². The highest BCUT2D eigenvalue weighted by Gasteiger charge is 2.07. The second kappa shape index (κ2) is 6.44. The van der Waals surface area contributed by atoms with Gasteiger partial charge in [-0.25, -0.2) is 4.39 Å². The van der Waals surface area contributed by atoms with Crippen LogP contribution in [0.5, 0.6) is 5.75 Å². The van der Waals surface area contributed by atoms with Crippen LogP contribution in [0.15, 0.2) is 36.4 Å². The molecule has 0 aliphatic rings. The van der Waals surface area contributed by atoms with Crippen LogP contribution in [0.2, 0.25) is 10.0 Å². The highest BCUT2D eigenvalue weighted by Crippen LogP contribution is 2.28. The molecular weight excluding hydrogens is 300 g/mol. The number of rotatable bonds is 4. The first-order valence-corrected chi connectivity index (χ1v) is 6.84. The zero-order valence-corrected chi connectivity index (χ0v) is 12.4. The summed E-state index contributed by atoms with van der Waals surface area (Å²) >= 11 is 11.8. The summed E-state index contributed by atoms with van der Waals surface area (Å²) in [7, 11) is 0. The lowest BCUT2D eigenvalue weighted by Gasteiger charge is -2.11. The quantitative estimate of drug-likeness (QED) is 0.885. The summed E-state index contributed by atoms with van der Waals surface area (Å²) in [5.41, 5.74) is 7.48. The first-order chi connectivity index (χ1) is 9.47. The molecule has 0 bridgehead atoms. The van der Waals surface area contributed by atoms with E-state index in [0.717, 1.165) is 11.1 Å². The molecule has 1 atom stereocenters. The van der Waals surface area contributed by atoms with Crippen molar-refractivity contribution in [1.82, 2.24) is 0 Å². The van der Waals surface area contributed by atoms with Crippen molar-refractivity contribution in [3.8, 4) is 5.75 Å². The fourth-order valence-corrected chi connectivity index (χ4v) is 2.15. The fraction of sp³-hybridized carbons (Fsp3) is 0.200. The van der Waals surface area contributed by atoms with Crippen LogP contribution in [-0.2, 0) is 6.61 Å². The molecule has 0 saturated heterocycles. The first kappa shape index (κ1) is 15.1. The third kappa shape index (κ3) is 3.63. The predicted octanol–water partition coefficient (Wildman–Crippen LogP) is 4.73. The van der Waals surface area contributed by atoms with Gasteiger partial charge in [-0.1, -0.05) is 35.3 Å². The van der Waals surface area contributed by atoms with Gasteiger partial charge in [-0.05, 0) is 42.3 Å². The summed E-state index contributed by atoms with van der Waals surface area (Å²) in [6.07, 6.45) is 0. The van der Waals surface area contributed by atoms with E-state index in [9.17, 15) is 4.39 Å². The number of hydrogen-bond acceptors (Lipinski definition) is 2. The number of halogens is 3. The highest BCUT2D eigenvalue weighted by atomic mass is 35.5. The molecule has 2 aromatic rings. The third-order valence-electron chi connectivity index (χ3n) is 2.86. The molecule has 2 rings (SSSR count). The summed E-state index contributed by atoms with van der Waals surface area (Å²) in [6.45, 7) is 2.14. The lowest BCUT2D eigenvalue weighted by Crippen LogP contribution is -2.05. The average Bonchev–Trinajstić information content (AvgIpc) is 2.41. The summed E-state index contributed by atoms with van der Waals surface area (Å²) in [5.74, 6) is 0.103. The van der Waals surface area contributed by atoms with E-state index in [1.165, 1.54) is 12.1 Å². The minimum absolute atomic E-state index is 0.0736. The van der Waals surface area contributed by atoms with E-state index in [0.29, 0.717) is 10.8 Å². The third-order valence-corrected chi connectivity index (χ3v) is 3.45. The molecule has 106 valence electrons. The van der Waals surface area contributed by atoms with Gasteiger partial charge in [-0.3, -0.25) is 0 Å². The molecule has 20 heavy (non-hydrogen) atoms. The standard InChI is InChI=1S/C15H14Cl2FNO/c1-9(19)11-3-5-15(13(17)7-11)20-8-10-2-4-14(18)12(16)6-10/h2-7,9H,8,19H2,1H3/t9-/m1/s1. The van der Waals surface area contributed by atoms with Crippen LogP contribution < -0.4 is 10.5 Å². The van der Waals surface area contributed by atoms with Crippen molar-refractivity contribution in [2.45, 2.75) is 19.6 Å². The van der Waals surface area contributed by atoms with Gasteiger partial charge in [0.2, 0.25) is 0 Å². The Morgan fingerprint density at radius 3 is 2.50 bits per heavy atom. The molecule has 2 N–H and O–H groups in total. The minimum Gasteiger partial charge on any atom is -0.487 e. The van der Waals surface area contributed by atoms with Crippen LogP contribution in [0.25, 0.3) is 0 Å².